The third-order valence-corrected chi connectivity index (χ3v) is 2.53. The van der Waals surface area contributed by atoms with E-state index >= 15 is 0 Å². The number of hydrogen-bond donors (Lipinski definition) is 3. The first-order chi connectivity index (χ1) is 9.60. The lowest BCUT2D eigenvalue weighted by Gasteiger charge is -2.08. The highest BCUT2D eigenvalue weighted by Crippen LogP contribution is 2.25. The summed E-state index contributed by atoms with van der Waals surface area (Å²) in [6.07, 6.45) is 0. The molecule has 0 spiro atoms. The molecule has 2 aromatic rings. The molecule has 2 rings (SSSR count). The molecule has 0 saturated carbocycles. The van der Waals surface area contributed by atoms with Crippen molar-refractivity contribution in [3.8, 4) is 5.75 Å². The molecule has 3 N–H and O–H groups in total. The largest absolute Gasteiger partial charge is 0.491 e. The van der Waals surface area contributed by atoms with Gasteiger partial charge in [0.2, 0.25) is 0 Å². The summed E-state index contributed by atoms with van der Waals surface area (Å²) in [6, 6.07) is 4.89. The predicted molar refractivity (Wildman–Crippen MR) is 74.9 cm³/mol. The summed E-state index contributed by atoms with van der Waals surface area (Å²) in [5, 5.41) is 12.9. The molecular weight excluding hydrogens is 263 g/mol. The molecule has 0 aliphatic heterocycles. The molecule has 6 nitrogen and oxygen atoms in total. The average molecular weight is 280 g/mol. The Balaban J connectivity index is 2.18. The van der Waals surface area contributed by atoms with Crippen molar-refractivity contribution in [1.29, 1.82) is 0 Å². The Bertz CT molecular complexity index is 597. The Morgan fingerprint density at radius 2 is 2.30 bits per heavy atom. The van der Waals surface area contributed by atoms with E-state index < -0.39 is 6.67 Å². The van der Waals surface area contributed by atoms with Gasteiger partial charge in [-0.1, -0.05) is 0 Å². The lowest BCUT2D eigenvalue weighted by Crippen LogP contribution is -2.34. The normalized spacial score (nSPS) is 10.8. The Kier molecular flexibility index (Phi) is 4.39. The first kappa shape index (κ1) is 14.1. The van der Waals surface area contributed by atoms with Crippen LogP contribution in [0.25, 0.3) is 10.9 Å². The summed E-state index contributed by atoms with van der Waals surface area (Å²) in [6.45, 7) is 3.18. The molecule has 0 atom stereocenters. The number of carbonyl (C=O) groups excluding carboxylic acids is 1. The van der Waals surface area contributed by atoms with Gasteiger partial charge in [-0.3, -0.25) is 10.4 Å². The monoisotopic (exact) mass is 280 g/mol. The number of benzene rings is 1. The number of amides is 2. The minimum absolute atomic E-state index is 0.0000441. The average Bonchev–Trinajstić information content (AvgIpc) is 2.78. The lowest BCUT2D eigenvalue weighted by atomic mass is 10.2. The van der Waals surface area contributed by atoms with Crippen molar-refractivity contribution >= 4 is 22.8 Å². The smallest absolute Gasteiger partial charge is 0.320 e. The van der Waals surface area contributed by atoms with E-state index in [4.69, 9.17) is 4.74 Å². The molecule has 1 aromatic carbocycles. The second kappa shape index (κ2) is 6.23. The summed E-state index contributed by atoms with van der Waals surface area (Å²) in [4.78, 5) is 11.7. The van der Waals surface area contributed by atoms with Crippen LogP contribution < -0.4 is 15.4 Å². The van der Waals surface area contributed by atoms with Crippen LogP contribution in [0.1, 0.15) is 13.8 Å². The van der Waals surface area contributed by atoms with Crippen LogP contribution in [0.15, 0.2) is 18.2 Å². The number of aromatic amines is 1. The second-order valence-corrected chi connectivity index (χ2v) is 4.57. The second-order valence-electron chi connectivity index (χ2n) is 4.57. The molecule has 0 saturated heterocycles. The Morgan fingerprint density at radius 3 is 3.00 bits per heavy atom. The number of ether oxygens (including phenoxy) is 1. The van der Waals surface area contributed by atoms with Crippen molar-refractivity contribution in [1.82, 2.24) is 15.5 Å². The van der Waals surface area contributed by atoms with Gasteiger partial charge < -0.3 is 10.1 Å². The van der Waals surface area contributed by atoms with Gasteiger partial charge in [-0.25, -0.2) is 9.18 Å². The molecule has 0 aliphatic carbocycles. The third kappa shape index (κ3) is 3.37. The Hall–Kier alpha value is -2.31. The van der Waals surface area contributed by atoms with E-state index in [-0.39, 0.29) is 18.7 Å². The molecule has 7 heteroatoms. The first-order valence-electron chi connectivity index (χ1n) is 6.34. The molecule has 0 bridgehead atoms. The van der Waals surface area contributed by atoms with E-state index in [1.165, 1.54) is 0 Å². The van der Waals surface area contributed by atoms with E-state index in [1.54, 1.807) is 18.2 Å². The number of carbonyl (C=O) groups is 1. The number of alkyl halides is 1. The maximum absolute atomic E-state index is 12.1. The Morgan fingerprint density at radius 1 is 1.50 bits per heavy atom. The summed E-state index contributed by atoms with van der Waals surface area (Å²) < 4.78 is 17.3. The predicted octanol–water partition coefficient (Wildman–Crippen LogP) is 2.44. The number of H-pyrrole nitrogens is 1. The van der Waals surface area contributed by atoms with Gasteiger partial charge >= 0.3 is 6.03 Å². The van der Waals surface area contributed by atoms with Crippen LogP contribution >= 0.6 is 0 Å². The molecule has 0 fully saturated rings. The zero-order valence-corrected chi connectivity index (χ0v) is 11.4. The maximum Gasteiger partial charge on any atom is 0.320 e. The number of anilines is 1. The lowest BCUT2D eigenvalue weighted by molar-refractivity contribution is 0.250. The summed E-state index contributed by atoms with van der Waals surface area (Å²) in [5.74, 6) is 0.938. The first-order valence-corrected chi connectivity index (χ1v) is 6.34. The number of urea groups is 1. The molecule has 0 unspecified atom stereocenters. The van der Waals surface area contributed by atoms with E-state index in [9.17, 15) is 9.18 Å². The maximum atomic E-state index is 12.1. The zero-order chi connectivity index (χ0) is 14.5. The van der Waals surface area contributed by atoms with Crippen LogP contribution in [0, 0.1) is 0 Å². The fourth-order valence-electron chi connectivity index (χ4n) is 1.74. The van der Waals surface area contributed by atoms with Crippen molar-refractivity contribution in [2.24, 2.45) is 0 Å². The molecule has 0 radical (unpaired) electrons. The van der Waals surface area contributed by atoms with Crippen LogP contribution in [0.2, 0.25) is 0 Å². The standard InChI is InChI=1S/C13H17FN4O2/c1-8(2)15-13(19)16-12-10-7-9(20-6-5-14)3-4-11(10)17-18-12/h3-4,7-8H,5-6H2,1-2H3,(H3,15,16,17,18,19). The summed E-state index contributed by atoms with van der Waals surface area (Å²) in [5.41, 5.74) is 0.762. The number of nitrogens with zero attached hydrogens (tertiary/aromatic N) is 1. The SMILES string of the molecule is CC(C)NC(=O)Nc1n[nH]c2ccc(OCCF)cc12. The van der Waals surface area contributed by atoms with Crippen LogP contribution in [-0.4, -0.2) is 35.6 Å². The highest BCUT2D eigenvalue weighted by atomic mass is 19.1. The number of fused-ring (bicyclic) bond motifs is 1. The van der Waals surface area contributed by atoms with Crippen molar-refractivity contribution in [3.63, 3.8) is 0 Å². The number of hydrogen-bond acceptors (Lipinski definition) is 3. The van der Waals surface area contributed by atoms with Gasteiger partial charge in [-0.05, 0) is 32.0 Å². The van der Waals surface area contributed by atoms with Gasteiger partial charge in [-0.2, -0.15) is 5.10 Å². The van der Waals surface area contributed by atoms with Gasteiger partial charge in [0.25, 0.3) is 0 Å². The molecular formula is C13H17FN4O2. The van der Waals surface area contributed by atoms with Crippen LogP contribution in [0.4, 0.5) is 15.0 Å². The number of rotatable bonds is 5. The molecule has 0 aliphatic rings. The number of aromatic nitrogens is 2. The Labute approximate surface area is 115 Å². The highest BCUT2D eigenvalue weighted by Gasteiger charge is 2.10. The number of nitrogens with one attached hydrogen (secondary N) is 3. The number of halogens is 1. The summed E-state index contributed by atoms with van der Waals surface area (Å²) in [7, 11) is 0. The molecule has 20 heavy (non-hydrogen) atoms. The van der Waals surface area contributed by atoms with Gasteiger partial charge in [0, 0.05) is 11.4 Å². The van der Waals surface area contributed by atoms with Gasteiger partial charge in [0.1, 0.15) is 19.0 Å². The van der Waals surface area contributed by atoms with Crippen LogP contribution in [0.3, 0.4) is 0 Å². The van der Waals surface area contributed by atoms with Crippen LogP contribution in [0.5, 0.6) is 5.75 Å². The quantitative estimate of drug-likeness (QED) is 0.787. The van der Waals surface area contributed by atoms with E-state index in [2.05, 4.69) is 20.8 Å². The van der Waals surface area contributed by atoms with Crippen molar-refractivity contribution in [3.05, 3.63) is 18.2 Å². The summed E-state index contributed by atoms with van der Waals surface area (Å²) >= 11 is 0. The van der Waals surface area contributed by atoms with Crippen molar-refractivity contribution < 1.29 is 13.9 Å². The van der Waals surface area contributed by atoms with Crippen LogP contribution in [-0.2, 0) is 0 Å². The fraction of sp³-hybridized carbons (Fsp3) is 0.385. The van der Waals surface area contributed by atoms with Gasteiger partial charge in [-0.15, -0.1) is 0 Å². The van der Waals surface area contributed by atoms with E-state index in [0.29, 0.717) is 17.0 Å². The fourth-order valence-corrected chi connectivity index (χ4v) is 1.74. The molecule has 1 aromatic heterocycles. The highest BCUT2D eigenvalue weighted by molar-refractivity contribution is 5.99. The van der Waals surface area contributed by atoms with Gasteiger partial charge in [0.15, 0.2) is 5.82 Å². The van der Waals surface area contributed by atoms with Gasteiger partial charge in [0.05, 0.1) is 5.52 Å². The van der Waals surface area contributed by atoms with E-state index in [1.807, 2.05) is 13.8 Å². The molecule has 1 heterocycles. The van der Waals surface area contributed by atoms with Crippen molar-refractivity contribution in [2.45, 2.75) is 19.9 Å². The van der Waals surface area contributed by atoms with E-state index in [0.717, 1.165) is 5.52 Å². The minimum Gasteiger partial charge on any atom is -0.491 e. The zero-order valence-electron chi connectivity index (χ0n) is 11.4. The minimum atomic E-state index is -0.550. The molecule has 2 amide bonds. The third-order valence-electron chi connectivity index (χ3n) is 2.53. The van der Waals surface area contributed by atoms with Crippen molar-refractivity contribution in [2.75, 3.05) is 18.6 Å². The topological polar surface area (TPSA) is 79.0 Å². The molecule has 108 valence electrons.